The summed E-state index contributed by atoms with van der Waals surface area (Å²) in [4.78, 5) is 23.0. The van der Waals surface area contributed by atoms with Crippen molar-refractivity contribution < 1.29 is 4.84 Å². The standard InChI is InChI=1S/C23H18N2O2/c26-21-16-24-22(19-12-6-2-7-13-19)23(20-14-8-3-9-15-20)25(21)27-17-18-10-4-1-5-11-18/h1-16H,17H2. The van der Waals surface area contributed by atoms with Gasteiger partial charge in [0.1, 0.15) is 12.3 Å². The lowest BCUT2D eigenvalue weighted by Gasteiger charge is -2.17. The van der Waals surface area contributed by atoms with E-state index < -0.39 is 0 Å². The molecule has 27 heavy (non-hydrogen) atoms. The molecule has 0 amide bonds. The molecule has 4 nitrogen and oxygen atoms in total. The highest BCUT2D eigenvalue weighted by Gasteiger charge is 2.16. The second-order valence-electron chi connectivity index (χ2n) is 6.08. The van der Waals surface area contributed by atoms with Crippen molar-refractivity contribution >= 4 is 0 Å². The monoisotopic (exact) mass is 354 g/mol. The van der Waals surface area contributed by atoms with Crippen LogP contribution in [-0.4, -0.2) is 9.71 Å². The minimum atomic E-state index is -0.301. The first-order valence-corrected chi connectivity index (χ1v) is 8.73. The Balaban J connectivity index is 1.85. The molecule has 0 fully saturated rings. The summed E-state index contributed by atoms with van der Waals surface area (Å²) in [5.74, 6) is 0. The van der Waals surface area contributed by atoms with Gasteiger partial charge in [-0.3, -0.25) is 4.79 Å². The number of aromatic nitrogens is 2. The molecule has 0 saturated heterocycles. The molecule has 4 aromatic rings. The molecule has 132 valence electrons. The van der Waals surface area contributed by atoms with Gasteiger partial charge in [-0.15, -0.1) is 4.73 Å². The third-order valence-electron chi connectivity index (χ3n) is 4.23. The number of benzene rings is 3. The van der Waals surface area contributed by atoms with Gasteiger partial charge in [-0.25, -0.2) is 4.98 Å². The van der Waals surface area contributed by atoms with E-state index in [1.54, 1.807) is 0 Å². The van der Waals surface area contributed by atoms with Crippen LogP contribution in [0.5, 0.6) is 0 Å². The van der Waals surface area contributed by atoms with Crippen molar-refractivity contribution in [1.29, 1.82) is 0 Å². The van der Waals surface area contributed by atoms with Gasteiger partial charge in [0.25, 0.3) is 0 Å². The van der Waals surface area contributed by atoms with Gasteiger partial charge in [-0.1, -0.05) is 91.0 Å². The molecular weight excluding hydrogens is 336 g/mol. The molecule has 0 aliphatic rings. The average molecular weight is 354 g/mol. The number of hydrogen-bond acceptors (Lipinski definition) is 3. The Kier molecular flexibility index (Phi) is 4.79. The predicted molar refractivity (Wildman–Crippen MR) is 106 cm³/mol. The first-order valence-electron chi connectivity index (χ1n) is 8.73. The van der Waals surface area contributed by atoms with Gasteiger partial charge in [0.2, 0.25) is 0 Å². The fraction of sp³-hybridized carbons (Fsp3) is 0.0435. The maximum atomic E-state index is 12.6. The maximum absolute atomic E-state index is 12.6. The predicted octanol–water partition coefficient (Wildman–Crippen LogP) is 4.21. The maximum Gasteiger partial charge on any atom is 0.302 e. The van der Waals surface area contributed by atoms with E-state index in [1.165, 1.54) is 10.9 Å². The molecule has 4 rings (SSSR count). The summed E-state index contributed by atoms with van der Waals surface area (Å²) in [5.41, 5.74) is 3.83. The van der Waals surface area contributed by atoms with Gasteiger partial charge in [0, 0.05) is 11.1 Å². The highest BCUT2D eigenvalue weighted by atomic mass is 16.7. The van der Waals surface area contributed by atoms with Crippen LogP contribution in [0.1, 0.15) is 5.56 Å². The van der Waals surface area contributed by atoms with Crippen LogP contribution >= 0.6 is 0 Å². The van der Waals surface area contributed by atoms with Crippen LogP contribution in [0.25, 0.3) is 22.5 Å². The van der Waals surface area contributed by atoms with Crippen LogP contribution in [0.4, 0.5) is 0 Å². The summed E-state index contributed by atoms with van der Waals surface area (Å²) >= 11 is 0. The van der Waals surface area contributed by atoms with Crippen LogP contribution in [0.2, 0.25) is 0 Å². The van der Waals surface area contributed by atoms with E-state index >= 15 is 0 Å². The summed E-state index contributed by atoms with van der Waals surface area (Å²) in [6, 6.07) is 29.3. The number of hydrogen-bond donors (Lipinski definition) is 0. The molecule has 0 aliphatic heterocycles. The first kappa shape index (κ1) is 16.8. The summed E-state index contributed by atoms with van der Waals surface area (Å²) in [6.07, 6.45) is 1.31. The highest BCUT2D eigenvalue weighted by Crippen LogP contribution is 2.28. The van der Waals surface area contributed by atoms with Crippen LogP contribution in [-0.2, 0) is 6.61 Å². The Morgan fingerprint density at radius 1 is 0.741 bits per heavy atom. The van der Waals surface area contributed by atoms with E-state index in [1.807, 2.05) is 91.0 Å². The topological polar surface area (TPSA) is 44.1 Å². The van der Waals surface area contributed by atoms with Crippen molar-refractivity contribution in [2.75, 3.05) is 0 Å². The summed E-state index contributed by atoms with van der Waals surface area (Å²) in [5, 5.41) is 0. The van der Waals surface area contributed by atoms with Crippen LogP contribution in [0, 0.1) is 0 Å². The molecule has 0 aliphatic carbocycles. The zero-order valence-corrected chi connectivity index (χ0v) is 14.7. The van der Waals surface area contributed by atoms with Crippen molar-refractivity contribution in [3.63, 3.8) is 0 Å². The zero-order valence-electron chi connectivity index (χ0n) is 14.7. The van der Waals surface area contributed by atoms with Gasteiger partial charge in [-0.05, 0) is 5.56 Å². The van der Waals surface area contributed by atoms with Gasteiger partial charge < -0.3 is 4.84 Å². The largest absolute Gasteiger partial charge is 0.405 e. The molecule has 0 radical (unpaired) electrons. The fourth-order valence-electron chi connectivity index (χ4n) is 2.94. The SMILES string of the molecule is O=c1cnc(-c2ccccc2)c(-c2ccccc2)n1OCc1ccccc1. The van der Waals surface area contributed by atoms with E-state index in [-0.39, 0.29) is 5.56 Å². The highest BCUT2D eigenvalue weighted by molar-refractivity contribution is 5.77. The smallest absolute Gasteiger partial charge is 0.302 e. The lowest BCUT2D eigenvalue weighted by molar-refractivity contribution is 0.0925. The van der Waals surface area contributed by atoms with E-state index in [4.69, 9.17) is 4.84 Å². The van der Waals surface area contributed by atoms with E-state index in [2.05, 4.69) is 4.98 Å². The molecule has 0 atom stereocenters. The lowest BCUT2D eigenvalue weighted by Crippen LogP contribution is -2.29. The van der Waals surface area contributed by atoms with Crippen LogP contribution < -0.4 is 10.4 Å². The summed E-state index contributed by atoms with van der Waals surface area (Å²) in [7, 11) is 0. The molecule has 1 heterocycles. The Morgan fingerprint density at radius 3 is 1.93 bits per heavy atom. The number of nitrogens with zero attached hydrogens (tertiary/aromatic N) is 2. The third-order valence-corrected chi connectivity index (χ3v) is 4.23. The van der Waals surface area contributed by atoms with Crippen LogP contribution in [0.3, 0.4) is 0 Å². The molecule has 0 saturated carbocycles. The molecule has 1 aromatic heterocycles. The zero-order chi connectivity index (χ0) is 18.5. The van der Waals surface area contributed by atoms with Crippen molar-refractivity contribution in [2.24, 2.45) is 0 Å². The van der Waals surface area contributed by atoms with Crippen molar-refractivity contribution in [3.05, 3.63) is 113 Å². The Hall–Kier alpha value is -3.66. The second kappa shape index (κ2) is 7.70. The minimum absolute atomic E-state index is 0.290. The van der Waals surface area contributed by atoms with E-state index in [0.29, 0.717) is 18.0 Å². The second-order valence-corrected chi connectivity index (χ2v) is 6.08. The Bertz CT molecular complexity index is 1080. The molecule has 3 aromatic carbocycles. The van der Waals surface area contributed by atoms with Crippen LogP contribution in [0.15, 0.2) is 102 Å². The third kappa shape index (κ3) is 3.65. The fourth-order valence-corrected chi connectivity index (χ4v) is 2.94. The molecule has 0 spiro atoms. The van der Waals surface area contributed by atoms with Gasteiger partial charge >= 0.3 is 5.56 Å². The summed E-state index contributed by atoms with van der Waals surface area (Å²) in [6.45, 7) is 0.290. The quantitative estimate of drug-likeness (QED) is 0.539. The molecule has 0 N–H and O–H groups in total. The van der Waals surface area contributed by atoms with Crippen molar-refractivity contribution in [1.82, 2.24) is 9.71 Å². The van der Waals surface area contributed by atoms with Gasteiger partial charge in [0.15, 0.2) is 0 Å². The van der Waals surface area contributed by atoms with Crippen molar-refractivity contribution in [2.45, 2.75) is 6.61 Å². The van der Waals surface area contributed by atoms with E-state index in [0.717, 1.165) is 16.7 Å². The molecule has 4 heteroatoms. The normalized spacial score (nSPS) is 10.5. The first-order chi connectivity index (χ1) is 13.3. The van der Waals surface area contributed by atoms with Crippen molar-refractivity contribution in [3.8, 4) is 22.5 Å². The lowest BCUT2D eigenvalue weighted by atomic mass is 10.0. The average Bonchev–Trinajstić information content (AvgIpc) is 2.74. The molecule has 0 bridgehead atoms. The molecule has 0 unspecified atom stereocenters. The minimum Gasteiger partial charge on any atom is -0.405 e. The number of rotatable bonds is 5. The molecular formula is C23H18N2O2. The van der Waals surface area contributed by atoms with Gasteiger partial charge in [0.05, 0.1) is 11.9 Å². The summed E-state index contributed by atoms with van der Waals surface area (Å²) < 4.78 is 1.34. The Morgan fingerprint density at radius 2 is 1.30 bits per heavy atom. The van der Waals surface area contributed by atoms with E-state index in [9.17, 15) is 4.79 Å². The van der Waals surface area contributed by atoms with Gasteiger partial charge in [-0.2, -0.15) is 0 Å². The Labute approximate surface area is 157 Å².